The molecular weight excluding hydrogens is 416 g/mol. The van der Waals surface area contributed by atoms with Gasteiger partial charge in [0.25, 0.3) is 5.70 Å². The molecule has 172 valence electrons. The second-order valence-corrected chi connectivity index (χ2v) is 8.32. The van der Waals surface area contributed by atoms with Gasteiger partial charge in [0.05, 0.1) is 22.9 Å². The monoisotopic (exact) mass is 447 g/mol. The lowest BCUT2D eigenvalue weighted by Crippen LogP contribution is -2.41. The first-order valence-electron chi connectivity index (χ1n) is 11.0. The number of Topliss-reactive ketones (excluding diaryl/α,β-unsaturated/α-hetero) is 1. The van der Waals surface area contributed by atoms with E-state index in [1.807, 2.05) is 63.1 Å². The molecule has 0 saturated heterocycles. The fourth-order valence-corrected chi connectivity index (χ4v) is 3.97. The van der Waals surface area contributed by atoms with Crippen LogP contribution in [-0.2, 0) is 4.79 Å². The van der Waals surface area contributed by atoms with Crippen molar-refractivity contribution < 1.29 is 14.5 Å². The van der Waals surface area contributed by atoms with E-state index in [1.165, 1.54) is 6.07 Å². The van der Waals surface area contributed by atoms with Crippen molar-refractivity contribution in [2.45, 2.75) is 26.7 Å². The van der Waals surface area contributed by atoms with Crippen molar-refractivity contribution in [3.8, 4) is 5.75 Å². The van der Waals surface area contributed by atoms with Crippen molar-refractivity contribution in [1.82, 2.24) is 4.90 Å². The van der Waals surface area contributed by atoms with E-state index in [1.54, 1.807) is 19.2 Å². The van der Waals surface area contributed by atoms with Gasteiger partial charge in [-0.05, 0) is 71.1 Å². The predicted octanol–water partition coefficient (Wildman–Crippen LogP) is 5.22. The maximum Gasteiger partial charge on any atom is 0.259 e. The lowest BCUT2D eigenvalue weighted by atomic mass is 9.81. The molecule has 2 aromatic rings. The zero-order valence-electron chi connectivity index (χ0n) is 19.9. The molecular formula is C25H31N6O2+. The number of nitrogens with zero attached hydrogens (tertiary/aromatic N) is 6. The fraction of sp³-hybridized carbons (Fsp3) is 0.360. The average Bonchev–Trinajstić information content (AvgIpc) is 2.78. The second kappa shape index (κ2) is 10.9. The van der Waals surface area contributed by atoms with Crippen LogP contribution in [0, 0.1) is 5.92 Å². The van der Waals surface area contributed by atoms with Crippen LogP contribution in [0.2, 0.25) is 0 Å². The first kappa shape index (κ1) is 24.1. The highest BCUT2D eigenvalue weighted by molar-refractivity contribution is 6.16. The summed E-state index contributed by atoms with van der Waals surface area (Å²) >= 11 is 0. The number of phenolic OH excluding ortho intramolecular Hbond substituents is 1. The number of pyridine rings is 1. The van der Waals surface area contributed by atoms with E-state index < -0.39 is 0 Å². The SMILES string of the molecule is CN=Nc1ccc(O)c(N=NC2=C(C)C(CCCN(C)C)C(=O)C([n+]3ccccc3)=C2C)c1. The van der Waals surface area contributed by atoms with Gasteiger partial charge in [-0.2, -0.15) is 14.8 Å². The van der Waals surface area contributed by atoms with E-state index in [0.717, 1.165) is 30.5 Å². The number of hydrogen-bond acceptors (Lipinski definition) is 7. The quantitative estimate of drug-likeness (QED) is 0.444. The molecule has 1 aromatic carbocycles. The molecule has 0 bridgehead atoms. The van der Waals surface area contributed by atoms with E-state index in [-0.39, 0.29) is 17.5 Å². The van der Waals surface area contributed by atoms with Gasteiger partial charge in [-0.3, -0.25) is 4.79 Å². The molecule has 1 atom stereocenters. The van der Waals surface area contributed by atoms with Gasteiger partial charge in [-0.25, -0.2) is 0 Å². The molecule has 1 N–H and O–H groups in total. The molecule has 0 saturated carbocycles. The summed E-state index contributed by atoms with van der Waals surface area (Å²) in [5, 5.41) is 26.8. The molecule has 1 aromatic heterocycles. The normalized spacial score (nSPS) is 17.3. The smallest absolute Gasteiger partial charge is 0.259 e. The summed E-state index contributed by atoms with van der Waals surface area (Å²) in [6.45, 7) is 4.74. The fourth-order valence-electron chi connectivity index (χ4n) is 3.97. The van der Waals surface area contributed by atoms with E-state index in [0.29, 0.717) is 22.8 Å². The third kappa shape index (κ3) is 5.64. The minimum atomic E-state index is -0.279. The summed E-state index contributed by atoms with van der Waals surface area (Å²) in [6, 6.07) is 10.5. The average molecular weight is 448 g/mol. The lowest BCUT2D eigenvalue weighted by molar-refractivity contribution is -0.578. The molecule has 33 heavy (non-hydrogen) atoms. The molecule has 1 aliphatic rings. The Balaban J connectivity index is 2.06. The molecule has 0 fully saturated rings. The van der Waals surface area contributed by atoms with Crippen LogP contribution in [0.4, 0.5) is 11.4 Å². The van der Waals surface area contributed by atoms with Gasteiger partial charge in [0.1, 0.15) is 11.4 Å². The summed E-state index contributed by atoms with van der Waals surface area (Å²) in [4.78, 5) is 15.7. The van der Waals surface area contributed by atoms with Crippen molar-refractivity contribution in [3.63, 3.8) is 0 Å². The highest BCUT2D eigenvalue weighted by atomic mass is 16.3. The third-order valence-corrected chi connectivity index (χ3v) is 5.66. The van der Waals surface area contributed by atoms with Gasteiger partial charge in [0, 0.05) is 19.2 Å². The maximum atomic E-state index is 13.6. The third-order valence-electron chi connectivity index (χ3n) is 5.66. The van der Waals surface area contributed by atoms with Gasteiger partial charge in [-0.15, -0.1) is 10.2 Å². The topological polar surface area (TPSA) is 93.9 Å². The molecule has 1 aliphatic carbocycles. The summed E-state index contributed by atoms with van der Waals surface area (Å²) in [7, 11) is 5.63. The number of hydrogen-bond donors (Lipinski definition) is 1. The Morgan fingerprint density at radius 1 is 1.06 bits per heavy atom. The molecule has 3 rings (SSSR count). The first-order chi connectivity index (χ1) is 15.8. The number of rotatable bonds is 8. The number of azo groups is 2. The molecule has 0 radical (unpaired) electrons. The van der Waals surface area contributed by atoms with Gasteiger partial charge < -0.3 is 10.0 Å². The number of ketones is 1. The number of aromatic hydroxyl groups is 1. The molecule has 1 heterocycles. The zero-order valence-corrected chi connectivity index (χ0v) is 19.9. The Labute approximate surface area is 194 Å². The van der Waals surface area contributed by atoms with Crippen molar-refractivity contribution >= 4 is 22.9 Å². The summed E-state index contributed by atoms with van der Waals surface area (Å²) in [6.07, 6.45) is 5.35. The lowest BCUT2D eigenvalue weighted by Gasteiger charge is -2.24. The molecule has 0 aliphatic heterocycles. The predicted molar refractivity (Wildman–Crippen MR) is 128 cm³/mol. The van der Waals surface area contributed by atoms with E-state index in [4.69, 9.17) is 0 Å². The number of carbonyl (C=O) groups is 1. The summed E-state index contributed by atoms with van der Waals surface area (Å²) < 4.78 is 1.85. The van der Waals surface area contributed by atoms with Crippen LogP contribution in [0.25, 0.3) is 5.70 Å². The maximum absolute atomic E-state index is 13.6. The van der Waals surface area contributed by atoms with Gasteiger partial charge >= 0.3 is 0 Å². The van der Waals surface area contributed by atoms with Crippen LogP contribution in [-0.4, -0.2) is 43.5 Å². The number of benzene rings is 1. The van der Waals surface area contributed by atoms with E-state index >= 15 is 0 Å². The minimum Gasteiger partial charge on any atom is -0.506 e. The van der Waals surface area contributed by atoms with E-state index in [9.17, 15) is 9.90 Å². The minimum absolute atomic E-state index is 0.000709. The largest absolute Gasteiger partial charge is 0.506 e. The van der Waals surface area contributed by atoms with Crippen molar-refractivity contribution in [2.75, 3.05) is 27.7 Å². The number of phenols is 1. The first-order valence-corrected chi connectivity index (χ1v) is 11.0. The van der Waals surface area contributed by atoms with Crippen LogP contribution < -0.4 is 4.57 Å². The van der Waals surface area contributed by atoms with Crippen molar-refractivity contribution in [2.24, 2.45) is 26.4 Å². The van der Waals surface area contributed by atoms with Crippen LogP contribution in [0.5, 0.6) is 5.75 Å². The Morgan fingerprint density at radius 2 is 1.79 bits per heavy atom. The summed E-state index contributed by atoms with van der Waals surface area (Å²) in [5.41, 5.74) is 3.78. The molecule has 1 unspecified atom stereocenters. The van der Waals surface area contributed by atoms with Gasteiger partial charge in [0.15, 0.2) is 12.4 Å². The van der Waals surface area contributed by atoms with Crippen molar-refractivity contribution in [1.29, 1.82) is 0 Å². The van der Waals surface area contributed by atoms with E-state index in [2.05, 4.69) is 25.4 Å². The zero-order chi connectivity index (χ0) is 24.0. The highest BCUT2D eigenvalue weighted by Gasteiger charge is 2.38. The Morgan fingerprint density at radius 3 is 2.45 bits per heavy atom. The van der Waals surface area contributed by atoms with Crippen LogP contribution >= 0.6 is 0 Å². The molecule has 0 spiro atoms. The molecule has 8 heteroatoms. The number of aromatic nitrogens is 1. The summed E-state index contributed by atoms with van der Waals surface area (Å²) in [5.74, 6) is -0.188. The van der Waals surface area contributed by atoms with Crippen LogP contribution in [0.15, 0.2) is 86.1 Å². The molecule has 0 amide bonds. The van der Waals surface area contributed by atoms with Crippen LogP contribution in [0.3, 0.4) is 0 Å². The highest BCUT2D eigenvalue weighted by Crippen LogP contribution is 2.37. The Hall–Kier alpha value is -3.52. The van der Waals surface area contributed by atoms with Gasteiger partial charge in [-0.1, -0.05) is 6.07 Å². The number of allylic oxidation sites excluding steroid dienone is 3. The Bertz CT molecular complexity index is 1130. The standard InChI is InChI=1S/C25H30N6O2/c1-17-20(10-9-13-30(4)5)25(33)24(31-14-7-6-8-15-31)18(2)23(17)29-28-21-16-19(27-26-3)11-12-22(21)32/h6-8,11-12,14-16,20H,9-10,13H2,1-5H3/p+1. The van der Waals surface area contributed by atoms with Crippen LogP contribution in [0.1, 0.15) is 26.7 Å². The number of carbonyl (C=O) groups excluding carboxylic acids is 1. The Kier molecular flexibility index (Phi) is 7.95. The van der Waals surface area contributed by atoms with Gasteiger partial charge in [0.2, 0.25) is 5.78 Å². The van der Waals surface area contributed by atoms with Crippen molar-refractivity contribution in [3.05, 3.63) is 65.6 Å². The second-order valence-electron chi connectivity index (χ2n) is 8.32. The molecule has 8 nitrogen and oxygen atoms in total.